The maximum absolute atomic E-state index is 12.6. The summed E-state index contributed by atoms with van der Waals surface area (Å²) < 4.78 is 5.54. The molecule has 2 aliphatic rings. The van der Waals surface area contributed by atoms with Gasteiger partial charge in [0, 0.05) is 0 Å². The Balaban J connectivity index is 2.01. The van der Waals surface area contributed by atoms with E-state index >= 15 is 0 Å². The van der Waals surface area contributed by atoms with E-state index in [1.54, 1.807) is 6.92 Å². The number of esters is 1. The Morgan fingerprint density at radius 2 is 1.96 bits per heavy atom. The van der Waals surface area contributed by atoms with Crippen molar-refractivity contribution in [1.82, 2.24) is 10.2 Å². The second kappa shape index (κ2) is 6.36. The van der Waals surface area contributed by atoms with Crippen molar-refractivity contribution >= 4 is 11.9 Å². The van der Waals surface area contributed by atoms with Crippen LogP contribution in [0.4, 0.5) is 0 Å². The minimum absolute atomic E-state index is 0.111. The number of hydrogen-bond acceptors (Lipinski definition) is 5. The third-order valence-electron chi connectivity index (χ3n) is 4.99. The molecule has 1 saturated heterocycles. The summed E-state index contributed by atoms with van der Waals surface area (Å²) in [6.45, 7) is 9.93. The molecular weight excluding hydrogens is 306 g/mol. The highest BCUT2D eigenvalue weighted by Crippen LogP contribution is 2.39. The molecule has 24 heavy (non-hydrogen) atoms. The van der Waals surface area contributed by atoms with Crippen LogP contribution in [-0.4, -0.2) is 46.5 Å². The van der Waals surface area contributed by atoms with E-state index in [-0.39, 0.29) is 24.3 Å². The van der Waals surface area contributed by atoms with E-state index in [0.29, 0.717) is 13.0 Å². The molecule has 1 amide bonds. The summed E-state index contributed by atoms with van der Waals surface area (Å²) >= 11 is 0. The van der Waals surface area contributed by atoms with Gasteiger partial charge in [0.05, 0.1) is 12.6 Å². The SMILES string of the molecule is CC(C)(C)OC(=O)C1(C)CCCN1CC(=O)NC(C)(C#N)C1CC1. The van der Waals surface area contributed by atoms with Crippen molar-refractivity contribution in [2.45, 2.75) is 77.0 Å². The molecule has 0 bridgehead atoms. The van der Waals surface area contributed by atoms with Gasteiger partial charge < -0.3 is 10.1 Å². The number of carbonyl (C=O) groups is 2. The standard InChI is InChI=1S/C18H29N3O3/c1-16(2,3)24-15(23)18(5)9-6-10-21(18)11-14(22)20-17(4,12-19)13-7-8-13/h13H,6-11H2,1-5H3,(H,20,22). The highest BCUT2D eigenvalue weighted by Gasteiger charge is 2.48. The predicted octanol–water partition coefficient (Wildman–Crippen LogP) is 1.99. The Morgan fingerprint density at radius 3 is 2.46 bits per heavy atom. The van der Waals surface area contributed by atoms with E-state index in [1.807, 2.05) is 32.6 Å². The molecule has 1 N–H and O–H groups in total. The first-order chi connectivity index (χ1) is 11.0. The lowest BCUT2D eigenvalue weighted by molar-refractivity contribution is -0.167. The molecule has 0 aromatic rings. The summed E-state index contributed by atoms with van der Waals surface area (Å²) in [6, 6.07) is 2.23. The molecule has 0 aromatic carbocycles. The average Bonchev–Trinajstić information content (AvgIpc) is 3.24. The van der Waals surface area contributed by atoms with Crippen molar-refractivity contribution in [2.24, 2.45) is 5.92 Å². The number of likely N-dealkylation sites (tertiary alicyclic amines) is 1. The Kier molecular flexibility index (Phi) is 4.96. The van der Waals surface area contributed by atoms with E-state index in [9.17, 15) is 14.9 Å². The quantitative estimate of drug-likeness (QED) is 0.777. The zero-order chi connectivity index (χ0) is 18.2. The molecule has 6 heteroatoms. The first-order valence-corrected chi connectivity index (χ1v) is 8.71. The van der Waals surface area contributed by atoms with Crippen molar-refractivity contribution in [3.8, 4) is 6.07 Å². The third kappa shape index (κ3) is 4.07. The molecule has 2 fully saturated rings. The first kappa shape index (κ1) is 18.7. The molecule has 6 nitrogen and oxygen atoms in total. The van der Waals surface area contributed by atoms with E-state index < -0.39 is 16.7 Å². The second-order valence-electron chi connectivity index (χ2n) is 8.44. The van der Waals surface area contributed by atoms with Gasteiger partial charge in [0.1, 0.15) is 16.7 Å². The molecule has 134 valence electrons. The summed E-state index contributed by atoms with van der Waals surface area (Å²) in [5, 5.41) is 12.2. The molecule has 0 spiro atoms. The van der Waals surface area contributed by atoms with Gasteiger partial charge in [-0.15, -0.1) is 0 Å². The zero-order valence-electron chi connectivity index (χ0n) is 15.4. The van der Waals surface area contributed by atoms with Gasteiger partial charge in [-0.05, 0) is 72.8 Å². The number of hydrogen-bond donors (Lipinski definition) is 1. The fourth-order valence-corrected chi connectivity index (χ4v) is 3.28. The van der Waals surface area contributed by atoms with Gasteiger partial charge in [-0.25, -0.2) is 0 Å². The van der Waals surface area contributed by atoms with Gasteiger partial charge in [0.15, 0.2) is 0 Å². The highest BCUT2D eigenvalue weighted by atomic mass is 16.6. The van der Waals surface area contributed by atoms with Crippen LogP contribution >= 0.6 is 0 Å². The number of nitrogens with one attached hydrogen (secondary N) is 1. The molecule has 0 aromatic heterocycles. The Hall–Kier alpha value is -1.61. The van der Waals surface area contributed by atoms with Crippen molar-refractivity contribution in [3.63, 3.8) is 0 Å². The van der Waals surface area contributed by atoms with Crippen LogP contribution in [0.25, 0.3) is 0 Å². The smallest absolute Gasteiger partial charge is 0.326 e. The fourth-order valence-electron chi connectivity index (χ4n) is 3.28. The molecule has 2 unspecified atom stereocenters. The summed E-state index contributed by atoms with van der Waals surface area (Å²) in [6.07, 6.45) is 3.47. The number of rotatable bonds is 5. The summed E-state index contributed by atoms with van der Waals surface area (Å²) in [4.78, 5) is 26.9. The largest absolute Gasteiger partial charge is 0.459 e. The lowest BCUT2D eigenvalue weighted by Crippen LogP contribution is -2.56. The number of nitriles is 1. The van der Waals surface area contributed by atoms with E-state index in [4.69, 9.17) is 4.74 Å². The highest BCUT2D eigenvalue weighted by molar-refractivity contribution is 5.84. The number of ether oxygens (including phenoxy) is 1. The molecule has 0 radical (unpaired) electrons. The normalized spacial score (nSPS) is 27.2. The van der Waals surface area contributed by atoms with Gasteiger partial charge in [-0.3, -0.25) is 14.5 Å². The average molecular weight is 335 g/mol. The Morgan fingerprint density at radius 1 is 1.33 bits per heavy atom. The number of carbonyl (C=O) groups excluding carboxylic acids is 2. The van der Waals surface area contributed by atoms with Gasteiger partial charge in [-0.1, -0.05) is 0 Å². The minimum atomic E-state index is -0.806. The van der Waals surface area contributed by atoms with Crippen LogP contribution < -0.4 is 5.32 Å². The minimum Gasteiger partial charge on any atom is -0.459 e. The maximum Gasteiger partial charge on any atom is 0.326 e. The molecule has 1 heterocycles. The number of amides is 1. The topological polar surface area (TPSA) is 82.4 Å². The van der Waals surface area contributed by atoms with E-state index in [2.05, 4.69) is 11.4 Å². The first-order valence-electron chi connectivity index (χ1n) is 8.71. The third-order valence-corrected chi connectivity index (χ3v) is 4.99. The van der Waals surface area contributed by atoms with E-state index in [1.165, 1.54) is 0 Å². The van der Waals surface area contributed by atoms with Crippen LogP contribution in [-0.2, 0) is 14.3 Å². The maximum atomic E-state index is 12.6. The van der Waals surface area contributed by atoms with Crippen molar-refractivity contribution in [3.05, 3.63) is 0 Å². The van der Waals surface area contributed by atoms with Crippen molar-refractivity contribution in [1.29, 1.82) is 5.26 Å². The fraction of sp³-hybridized carbons (Fsp3) is 0.833. The van der Waals surface area contributed by atoms with Gasteiger partial charge in [0.25, 0.3) is 0 Å². The molecule has 2 atom stereocenters. The number of nitrogens with zero attached hydrogens (tertiary/aromatic N) is 2. The lowest BCUT2D eigenvalue weighted by atomic mass is 9.97. The van der Waals surface area contributed by atoms with Gasteiger partial charge in [-0.2, -0.15) is 5.26 Å². The van der Waals surface area contributed by atoms with Gasteiger partial charge >= 0.3 is 5.97 Å². The Bertz CT molecular complexity index is 559. The monoisotopic (exact) mass is 335 g/mol. The molecule has 2 rings (SSSR count). The summed E-state index contributed by atoms with van der Waals surface area (Å²) in [5.74, 6) is -0.254. The van der Waals surface area contributed by atoms with E-state index in [0.717, 1.165) is 19.3 Å². The summed E-state index contributed by atoms with van der Waals surface area (Å²) in [5.41, 5.74) is -2.14. The molecule has 1 aliphatic carbocycles. The Labute approximate surface area is 144 Å². The van der Waals surface area contributed by atoms with Crippen molar-refractivity contribution in [2.75, 3.05) is 13.1 Å². The predicted molar refractivity (Wildman–Crippen MR) is 89.9 cm³/mol. The zero-order valence-corrected chi connectivity index (χ0v) is 15.4. The van der Waals surface area contributed by atoms with Crippen LogP contribution in [0, 0.1) is 17.2 Å². The molecule has 1 aliphatic heterocycles. The van der Waals surface area contributed by atoms with Crippen LogP contribution in [0.5, 0.6) is 0 Å². The molecular formula is C18H29N3O3. The van der Waals surface area contributed by atoms with Crippen LogP contribution in [0.3, 0.4) is 0 Å². The van der Waals surface area contributed by atoms with Crippen LogP contribution in [0.2, 0.25) is 0 Å². The summed E-state index contributed by atoms with van der Waals surface area (Å²) in [7, 11) is 0. The van der Waals surface area contributed by atoms with Gasteiger partial charge in [0.2, 0.25) is 5.91 Å². The lowest BCUT2D eigenvalue weighted by Gasteiger charge is -2.35. The molecule has 1 saturated carbocycles. The van der Waals surface area contributed by atoms with Crippen LogP contribution in [0.1, 0.15) is 60.3 Å². The van der Waals surface area contributed by atoms with Crippen LogP contribution in [0.15, 0.2) is 0 Å². The van der Waals surface area contributed by atoms with Crippen molar-refractivity contribution < 1.29 is 14.3 Å². The second-order valence-corrected chi connectivity index (χ2v) is 8.44.